The van der Waals surface area contributed by atoms with Crippen molar-refractivity contribution >= 4 is 11.9 Å². The van der Waals surface area contributed by atoms with Gasteiger partial charge in [0.25, 0.3) is 0 Å². The van der Waals surface area contributed by atoms with Gasteiger partial charge in [-0.05, 0) is 19.3 Å². The Morgan fingerprint density at radius 3 is 2.31 bits per heavy atom. The van der Waals surface area contributed by atoms with E-state index in [1.54, 1.807) is 6.92 Å². The molecule has 16 heavy (non-hydrogen) atoms. The van der Waals surface area contributed by atoms with Gasteiger partial charge in [-0.3, -0.25) is 9.59 Å². The molecule has 0 fully saturated rings. The number of hydrogen-bond acceptors (Lipinski definition) is 4. The molecule has 0 heterocycles. The van der Waals surface area contributed by atoms with E-state index in [0.29, 0.717) is 12.3 Å². The molecule has 0 saturated carbocycles. The van der Waals surface area contributed by atoms with E-state index in [2.05, 4.69) is 0 Å². The van der Waals surface area contributed by atoms with E-state index in [9.17, 15) is 9.59 Å². The molecular formula is C11H21NO4. The summed E-state index contributed by atoms with van der Waals surface area (Å²) in [6, 6.07) is -0.463. The highest BCUT2D eigenvalue weighted by Crippen LogP contribution is 2.16. The summed E-state index contributed by atoms with van der Waals surface area (Å²) in [5.74, 6) is -1.98. The number of rotatable bonds is 7. The number of nitrogens with two attached hydrogens (primary N) is 1. The quantitative estimate of drug-likeness (QED) is 0.638. The van der Waals surface area contributed by atoms with Crippen LogP contribution in [0.4, 0.5) is 0 Å². The molecule has 0 aromatic carbocycles. The Morgan fingerprint density at radius 1 is 1.38 bits per heavy atom. The van der Waals surface area contributed by atoms with Crippen molar-refractivity contribution in [1.82, 2.24) is 0 Å². The third-order valence-corrected chi connectivity index (χ3v) is 2.24. The molecule has 0 spiro atoms. The number of aliphatic carboxylic acids is 1. The molecule has 3 N–H and O–H groups in total. The summed E-state index contributed by atoms with van der Waals surface area (Å²) in [4.78, 5) is 22.2. The van der Waals surface area contributed by atoms with Crippen LogP contribution in [0.5, 0.6) is 0 Å². The molecule has 1 unspecified atom stereocenters. The van der Waals surface area contributed by atoms with E-state index < -0.39 is 23.9 Å². The van der Waals surface area contributed by atoms with E-state index in [1.165, 1.54) is 0 Å². The maximum Gasteiger partial charge on any atom is 0.311 e. The predicted molar refractivity (Wildman–Crippen MR) is 59.8 cm³/mol. The molecule has 0 aromatic rings. The van der Waals surface area contributed by atoms with Crippen LogP contribution in [0.25, 0.3) is 0 Å². The van der Waals surface area contributed by atoms with Crippen molar-refractivity contribution in [2.24, 2.45) is 17.6 Å². The predicted octanol–water partition coefficient (Wildman–Crippen LogP) is 1.01. The maximum atomic E-state index is 11.5. The second-order valence-corrected chi connectivity index (χ2v) is 4.25. The average molecular weight is 231 g/mol. The van der Waals surface area contributed by atoms with Crippen LogP contribution < -0.4 is 5.73 Å². The number of esters is 1. The zero-order chi connectivity index (χ0) is 12.7. The van der Waals surface area contributed by atoms with Gasteiger partial charge in [0.1, 0.15) is 0 Å². The van der Waals surface area contributed by atoms with Crippen molar-refractivity contribution in [3.8, 4) is 0 Å². The van der Waals surface area contributed by atoms with Gasteiger partial charge in [0.15, 0.2) is 0 Å². The lowest BCUT2D eigenvalue weighted by Crippen LogP contribution is -2.39. The first kappa shape index (κ1) is 14.9. The Labute approximate surface area is 96.0 Å². The van der Waals surface area contributed by atoms with Crippen LogP contribution in [0.15, 0.2) is 0 Å². The first-order valence-electron chi connectivity index (χ1n) is 5.52. The summed E-state index contributed by atoms with van der Waals surface area (Å²) >= 11 is 0. The molecule has 0 saturated heterocycles. The SMILES string of the molecule is CCOC(=O)C(CC(=O)O)[C@H](N)CC(C)C. The number of carboxylic acid groups (broad SMARTS) is 1. The van der Waals surface area contributed by atoms with E-state index in [4.69, 9.17) is 15.6 Å². The largest absolute Gasteiger partial charge is 0.481 e. The van der Waals surface area contributed by atoms with Gasteiger partial charge in [0, 0.05) is 6.04 Å². The fourth-order valence-corrected chi connectivity index (χ4v) is 1.56. The van der Waals surface area contributed by atoms with E-state index in [-0.39, 0.29) is 13.0 Å². The van der Waals surface area contributed by atoms with Crippen molar-refractivity contribution in [2.45, 2.75) is 39.7 Å². The fraction of sp³-hybridized carbons (Fsp3) is 0.818. The third kappa shape index (κ3) is 5.70. The maximum absolute atomic E-state index is 11.5. The van der Waals surface area contributed by atoms with Gasteiger partial charge >= 0.3 is 11.9 Å². The minimum atomic E-state index is -1.03. The highest BCUT2D eigenvalue weighted by molar-refractivity contribution is 5.79. The van der Waals surface area contributed by atoms with Gasteiger partial charge < -0.3 is 15.6 Å². The monoisotopic (exact) mass is 231 g/mol. The lowest BCUT2D eigenvalue weighted by Gasteiger charge is -2.22. The van der Waals surface area contributed by atoms with Gasteiger partial charge in [-0.15, -0.1) is 0 Å². The summed E-state index contributed by atoms with van der Waals surface area (Å²) in [5.41, 5.74) is 5.83. The number of carbonyl (C=O) groups excluding carboxylic acids is 1. The highest BCUT2D eigenvalue weighted by atomic mass is 16.5. The van der Waals surface area contributed by atoms with Crippen LogP contribution in [0.1, 0.15) is 33.6 Å². The molecule has 0 amide bonds. The summed E-state index contributed by atoms with van der Waals surface area (Å²) in [5, 5.41) is 8.72. The van der Waals surface area contributed by atoms with E-state index in [1.807, 2.05) is 13.8 Å². The third-order valence-electron chi connectivity index (χ3n) is 2.24. The van der Waals surface area contributed by atoms with Gasteiger partial charge in [-0.2, -0.15) is 0 Å². The fourth-order valence-electron chi connectivity index (χ4n) is 1.56. The van der Waals surface area contributed by atoms with Crippen molar-refractivity contribution in [2.75, 3.05) is 6.61 Å². The van der Waals surface area contributed by atoms with Crippen LogP contribution in [-0.2, 0) is 14.3 Å². The summed E-state index contributed by atoms with van der Waals surface area (Å²) in [6.07, 6.45) is 0.337. The van der Waals surface area contributed by atoms with Crippen molar-refractivity contribution in [3.63, 3.8) is 0 Å². The average Bonchev–Trinajstić information content (AvgIpc) is 2.12. The molecule has 0 bridgehead atoms. The molecule has 0 rings (SSSR count). The van der Waals surface area contributed by atoms with Crippen LogP contribution in [0, 0.1) is 11.8 Å². The standard InChI is InChI=1S/C11H21NO4/c1-4-16-11(15)8(6-10(13)14)9(12)5-7(2)3/h7-9H,4-6,12H2,1-3H3,(H,13,14)/t8?,9-/m1/s1. The topological polar surface area (TPSA) is 89.6 Å². The van der Waals surface area contributed by atoms with Gasteiger partial charge in [-0.1, -0.05) is 13.8 Å². The molecule has 0 aliphatic rings. The molecule has 0 aliphatic carbocycles. The normalized spacial score (nSPS) is 14.6. The second-order valence-electron chi connectivity index (χ2n) is 4.25. The first-order chi connectivity index (χ1) is 7.38. The molecule has 94 valence electrons. The van der Waals surface area contributed by atoms with Crippen molar-refractivity contribution in [3.05, 3.63) is 0 Å². The first-order valence-corrected chi connectivity index (χ1v) is 5.52. The van der Waals surface area contributed by atoms with Crippen LogP contribution in [-0.4, -0.2) is 29.7 Å². The number of ether oxygens (including phenoxy) is 1. The number of hydrogen-bond donors (Lipinski definition) is 2. The minimum absolute atomic E-state index is 0.239. The van der Waals surface area contributed by atoms with Crippen LogP contribution in [0.3, 0.4) is 0 Å². The summed E-state index contributed by atoms with van der Waals surface area (Å²) in [6.45, 7) is 5.87. The van der Waals surface area contributed by atoms with Crippen LogP contribution >= 0.6 is 0 Å². The lowest BCUT2D eigenvalue weighted by molar-refractivity contribution is -0.153. The second kappa shape index (κ2) is 7.22. The lowest BCUT2D eigenvalue weighted by atomic mass is 9.90. The minimum Gasteiger partial charge on any atom is -0.481 e. The smallest absolute Gasteiger partial charge is 0.311 e. The van der Waals surface area contributed by atoms with Gasteiger partial charge in [0.05, 0.1) is 18.9 Å². The van der Waals surface area contributed by atoms with E-state index in [0.717, 1.165) is 0 Å². The zero-order valence-electron chi connectivity index (χ0n) is 10.1. The molecular weight excluding hydrogens is 210 g/mol. The zero-order valence-corrected chi connectivity index (χ0v) is 10.1. The molecule has 5 nitrogen and oxygen atoms in total. The number of carboxylic acids is 1. The summed E-state index contributed by atoms with van der Waals surface area (Å²) in [7, 11) is 0. The summed E-state index contributed by atoms with van der Waals surface area (Å²) < 4.78 is 4.83. The van der Waals surface area contributed by atoms with Crippen molar-refractivity contribution in [1.29, 1.82) is 0 Å². The Balaban J connectivity index is 4.51. The van der Waals surface area contributed by atoms with Gasteiger partial charge in [-0.25, -0.2) is 0 Å². The van der Waals surface area contributed by atoms with Gasteiger partial charge in [0.2, 0.25) is 0 Å². The van der Waals surface area contributed by atoms with E-state index >= 15 is 0 Å². The Kier molecular flexibility index (Phi) is 6.72. The Morgan fingerprint density at radius 2 is 1.94 bits per heavy atom. The molecule has 2 atom stereocenters. The molecule has 0 radical (unpaired) electrons. The number of carbonyl (C=O) groups is 2. The molecule has 5 heteroatoms. The van der Waals surface area contributed by atoms with Crippen LogP contribution in [0.2, 0.25) is 0 Å². The highest BCUT2D eigenvalue weighted by Gasteiger charge is 2.29. The van der Waals surface area contributed by atoms with Crippen molar-refractivity contribution < 1.29 is 19.4 Å². The molecule has 0 aromatic heterocycles. The molecule has 0 aliphatic heterocycles. The Bertz CT molecular complexity index is 240. The Hall–Kier alpha value is -1.10.